The van der Waals surface area contributed by atoms with E-state index in [1.165, 1.54) is 22.9 Å². The van der Waals surface area contributed by atoms with Gasteiger partial charge in [0.25, 0.3) is 10.0 Å². The molecule has 0 fully saturated rings. The minimum absolute atomic E-state index is 0.00614. The summed E-state index contributed by atoms with van der Waals surface area (Å²) < 4.78 is 76.8. The number of aromatic nitrogens is 4. The van der Waals surface area contributed by atoms with Crippen molar-refractivity contribution in [1.82, 2.24) is 19.7 Å². The topological polar surface area (TPSA) is 143 Å². The van der Waals surface area contributed by atoms with Crippen LogP contribution >= 0.6 is 0 Å². The van der Waals surface area contributed by atoms with Crippen LogP contribution in [0.4, 0.5) is 24.8 Å². The Morgan fingerprint density at radius 2 is 1.75 bits per heavy atom. The van der Waals surface area contributed by atoms with E-state index in [9.17, 15) is 31.8 Å². The molecule has 15 heteroatoms. The number of aryl methyl sites for hydroxylation is 1. The summed E-state index contributed by atoms with van der Waals surface area (Å²) in [5.74, 6) is 0.359. The van der Waals surface area contributed by atoms with Gasteiger partial charge in [0, 0.05) is 30.9 Å². The molecule has 1 aromatic carbocycles. The molecule has 1 aliphatic heterocycles. The maximum absolute atomic E-state index is 13.6. The number of anilines is 2. The van der Waals surface area contributed by atoms with Gasteiger partial charge in [0.1, 0.15) is 18.2 Å². The first-order valence-electron chi connectivity index (χ1n) is 15.7. The fourth-order valence-corrected chi connectivity index (χ4v) is 6.18. The van der Waals surface area contributed by atoms with Crippen LogP contribution in [0.5, 0.6) is 5.88 Å². The molecule has 11 nitrogen and oxygen atoms in total. The molecular weight excluding hydrogens is 649 g/mol. The molecule has 0 saturated heterocycles. The van der Waals surface area contributed by atoms with E-state index in [4.69, 9.17) is 9.72 Å². The molecule has 0 saturated carbocycles. The highest BCUT2D eigenvalue weighted by atomic mass is 32.2. The van der Waals surface area contributed by atoms with Crippen LogP contribution in [0.15, 0.2) is 71.9 Å². The molecule has 258 valence electrons. The van der Waals surface area contributed by atoms with E-state index < -0.39 is 40.9 Å². The summed E-state index contributed by atoms with van der Waals surface area (Å²) in [5.41, 5.74) is 0.511. The van der Waals surface area contributed by atoms with Crippen LogP contribution in [0, 0.1) is 5.41 Å². The number of sulfonamides is 1. The van der Waals surface area contributed by atoms with Crippen molar-refractivity contribution in [3.05, 3.63) is 72.4 Å². The number of β-amino-alcohol motifs (C(OH)–C–C–N with tert-alkyl or cyclic N) is 1. The number of benzene rings is 1. The van der Waals surface area contributed by atoms with Crippen LogP contribution in [0.1, 0.15) is 45.1 Å². The van der Waals surface area contributed by atoms with Crippen molar-refractivity contribution in [3.8, 4) is 22.8 Å². The highest BCUT2D eigenvalue weighted by Crippen LogP contribution is 2.38. The number of rotatable bonds is 7. The summed E-state index contributed by atoms with van der Waals surface area (Å²) in [6, 6.07) is 16.8. The summed E-state index contributed by atoms with van der Waals surface area (Å²) >= 11 is 0. The Labute approximate surface area is 277 Å². The molecule has 4 bridgehead atoms. The van der Waals surface area contributed by atoms with Crippen molar-refractivity contribution in [2.24, 2.45) is 5.41 Å². The summed E-state index contributed by atoms with van der Waals surface area (Å²) in [4.78, 5) is 10.9. The van der Waals surface area contributed by atoms with Gasteiger partial charge in [-0.2, -0.15) is 21.6 Å². The van der Waals surface area contributed by atoms with Gasteiger partial charge in [-0.15, -0.1) is 5.10 Å². The van der Waals surface area contributed by atoms with Gasteiger partial charge in [-0.05, 0) is 62.9 Å². The summed E-state index contributed by atoms with van der Waals surface area (Å²) in [6.45, 7) is 1.63. The van der Waals surface area contributed by atoms with Crippen LogP contribution in [0.2, 0.25) is 0 Å². The van der Waals surface area contributed by atoms with Crippen LogP contribution in [-0.4, -0.2) is 77.0 Å². The molecule has 4 aromatic rings. The highest BCUT2D eigenvalue weighted by molar-refractivity contribution is 7.92. The molecule has 3 N–H and O–H groups in total. The van der Waals surface area contributed by atoms with Gasteiger partial charge in [0.05, 0.1) is 29.5 Å². The van der Waals surface area contributed by atoms with E-state index in [1.807, 2.05) is 24.3 Å². The van der Waals surface area contributed by atoms with Gasteiger partial charge in [0.15, 0.2) is 5.03 Å². The summed E-state index contributed by atoms with van der Waals surface area (Å²) in [6.07, 6.45) is 0.163. The zero-order valence-corrected chi connectivity index (χ0v) is 27.5. The quantitative estimate of drug-likeness (QED) is 0.234. The molecular formula is C33H39F3N6O5S. The van der Waals surface area contributed by atoms with Crippen molar-refractivity contribution >= 4 is 21.7 Å². The number of hydrogen-bond donors (Lipinski definition) is 3. The fraction of sp³-hybridized carbons (Fsp3) is 0.424. The van der Waals surface area contributed by atoms with Gasteiger partial charge < -0.3 is 19.8 Å². The first-order chi connectivity index (χ1) is 22.8. The predicted octanol–water partition coefficient (Wildman–Crippen LogP) is 5.37. The van der Waals surface area contributed by atoms with E-state index >= 15 is 0 Å². The van der Waals surface area contributed by atoms with Crippen LogP contribution in [0.25, 0.3) is 16.9 Å². The standard InChI is InChI=1S/C33H39F3N6O5S/c1-32(2,33(34,35)36)22-47-29-17-19-42(39-29)26-15-16-27-37-31(26)25-12-7-6-11-23(25)10-5-3-4-8-18-41(20-24(44)21-43)28-13-9-14-30(38-28)48(45,46)40-27/h6-7,9,11-17,19,24,43-44H,3-5,8,10,18,20-22H2,1-2H3,(H,37,40)/t24-/m0/s1. The predicted molar refractivity (Wildman–Crippen MR) is 175 cm³/mol. The zero-order valence-electron chi connectivity index (χ0n) is 26.7. The maximum atomic E-state index is 13.6. The molecule has 0 amide bonds. The van der Waals surface area contributed by atoms with Crippen molar-refractivity contribution in [1.29, 1.82) is 0 Å². The lowest BCUT2D eigenvalue weighted by Crippen LogP contribution is -2.37. The molecule has 1 atom stereocenters. The maximum Gasteiger partial charge on any atom is 0.397 e. The molecule has 0 unspecified atom stereocenters. The molecule has 0 spiro atoms. The molecule has 48 heavy (non-hydrogen) atoms. The largest absolute Gasteiger partial charge is 0.476 e. The van der Waals surface area contributed by atoms with E-state index in [1.54, 1.807) is 29.3 Å². The number of fused-ring (bicyclic) bond motifs is 6. The average Bonchev–Trinajstić information content (AvgIpc) is 3.53. The van der Waals surface area contributed by atoms with E-state index in [-0.39, 0.29) is 23.3 Å². The second kappa shape index (κ2) is 14.5. The van der Waals surface area contributed by atoms with Gasteiger partial charge in [-0.25, -0.2) is 14.6 Å². The third-order valence-electron chi connectivity index (χ3n) is 8.12. The van der Waals surface area contributed by atoms with E-state index in [0.29, 0.717) is 30.2 Å². The van der Waals surface area contributed by atoms with Gasteiger partial charge in [-0.1, -0.05) is 43.2 Å². The number of nitrogens with zero attached hydrogens (tertiary/aromatic N) is 5. The number of hydrogen-bond acceptors (Lipinski definition) is 9. The second-order valence-corrected chi connectivity index (χ2v) is 14.0. The van der Waals surface area contributed by atoms with E-state index in [0.717, 1.165) is 50.7 Å². The van der Waals surface area contributed by atoms with Gasteiger partial charge in [0.2, 0.25) is 5.88 Å². The molecule has 0 radical (unpaired) electrons. The monoisotopic (exact) mass is 688 g/mol. The third-order valence-corrected chi connectivity index (χ3v) is 9.38. The first-order valence-corrected chi connectivity index (χ1v) is 17.1. The van der Waals surface area contributed by atoms with Gasteiger partial charge in [-0.3, -0.25) is 4.72 Å². The number of halogens is 3. The average molecular weight is 689 g/mol. The number of aliphatic hydroxyl groups is 2. The number of ether oxygens (including phenoxy) is 1. The lowest BCUT2D eigenvalue weighted by molar-refractivity contribution is -0.219. The second-order valence-electron chi connectivity index (χ2n) is 12.4. The summed E-state index contributed by atoms with van der Waals surface area (Å²) in [5, 5.41) is 23.7. The van der Waals surface area contributed by atoms with Crippen molar-refractivity contribution in [3.63, 3.8) is 0 Å². The summed E-state index contributed by atoms with van der Waals surface area (Å²) in [7, 11) is -4.23. The molecule has 4 heterocycles. The Kier molecular flexibility index (Phi) is 10.6. The van der Waals surface area contributed by atoms with E-state index in [2.05, 4.69) is 14.8 Å². The molecule has 3 aromatic heterocycles. The SMILES string of the molecule is CC(C)(COc1ccn(-c2ccc3nc2-c2ccccc2CCCCCCN(C[C@H](O)CO)c2cccc(n2)S(=O)(=O)N3)n1)C(F)(F)F. The lowest BCUT2D eigenvalue weighted by Gasteiger charge is -2.26. The molecule has 1 aliphatic rings. The van der Waals surface area contributed by atoms with Crippen molar-refractivity contribution in [2.75, 3.05) is 35.9 Å². The van der Waals surface area contributed by atoms with Crippen molar-refractivity contribution in [2.45, 2.75) is 63.3 Å². The van der Waals surface area contributed by atoms with Crippen LogP contribution in [0.3, 0.4) is 0 Å². The Morgan fingerprint density at radius 1 is 0.979 bits per heavy atom. The normalized spacial score (nSPS) is 16.4. The zero-order chi connectivity index (χ0) is 34.5. The lowest BCUT2D eigenvalue weighted by atomic mass is 9.94. The number of nitrogens with one attached hydrogen (secondary N) is 1. The molecule has 0 aliphatic carbocycles. The highest BCUT2D eigenvalue weighted by Gasteiger charge is 2.48. The Hall–Kier alpha value is -4.21. The number of pyridine rings is 2. The van der Waals surface area contributed by atoms with Crippen molar-refractivity contribution < 1.29 is 36.5 Å². The Bertz CT molecular complexity index is 1820. The smallest absolute Gasteiger partial charge is 0.397 e. The minimum atomic E-state index is -4.46. The number of aliphatic hydroxyl groups excluding tert-OH is 2. The fourth-order valence-electron chi connectivity index (χ4n) is 5.22. The number of alkyl halides is 3. The Balaban J connectivity index is 1.54. The van der Waals surface area contributed by atoms with Gasteiger partial charge >= 0.3 is 6.18 Å². The Morgan fingerprint density at radius 3 is 2.52 bits per heavy atom. The first kappa shape index (κ1) is 35.1. The van der Waals surface area contributed by atoms with Crippen LogP contribution in [-0.2, 0) is 16.4 Å². The third kappa shape index (κ3) is 8.25. The molecule has 5 rings (SSSR count). The van der Waals surface area contributed by atoms with Crippen LogP contribution < -0.4 is 14.4 Å². The minimum Gasteiger partial charge on any atom is -0.476 e.